The van der Waals surface area contributed by atoms with Crippen LogP contribution >= 0.6 is 0 Å². The van der Waals surface area contributed by atoms with Crippen LogP contribution in [0.25, 0.3) is 0 Å². The molecule has 0 bridgehead atoms. The molecule has 1 aromatic rings. The van der Waals surface area contributed by atoms with Crippen molar-refractivity contribution in [3.05, 3.63) is 17.0 Å². The van der Waals surface area contributed by atoms with Gasteiger partial charge in [0.2, 0.25) is 10.0 Å². The van der Waals surface area contributed by atoms with Crippen LogP contribution < -0.4 is 0 Å². The van der Waals surface area contributed by atoms with Crippen molar-refractivity contribution < 1.29 is 23.4 Å². The maximum Gasteiger partial charge on any atom is 0.352 e. The van der Waals surface area contributed by atoms with Gasteiger partial charge in [-0.05, 0) is 26.7 Å². The Morgan fingerprint density at radius 2 is 2.00 bits per heavy atom. The van der Waals surface area contributed by atoms with E-state index in [4.69, 9.17) is 10.2 Å². The van der Waals surface area contributed by atoms with Crippen LogP contribution in [0.3, 0.4) is 0 Å². The number of sulfonamides is 1. The van der Waals surface area contributed by atoms with E-state index in [0.717, 1.165) is 12.8 Å². The van der Waals surface area contributed by atoms with Crippen molar-refractivity contribution >= 4 is 16.0 Å². The van der Waals surface area contributed by atoms with Crippen molar-refractivity contribution in [2.24, 2.45) is 0 Å². The molecule has 0 saturated heterocycles. The van der Waals surface area contributed by atoms with E-state index in [-0.39, 0.29) is 35.3 Å². The zero-order chi connectivity index (χ0) is 15.1. The summed E-state index contributed by atoms with van der Waals surface area (Å²) in [4.78, 5) is 13.7. The largest absolute Gasteiger partial charge is 0.477 e. The lowest BCUT2D eigenvalue weighted by atomic mass is 10.2. The minimum Gasteiger partial charge on any atom is -0.477 e. The molecule has 3 N–H and O–H groups in total. The summed E-state index contributed by atoms with van der Waals surface area (Å²) in [6, 6.07) is -0.0888. The van der Waals surface area contributed by atoms with Gasteiger partial charge in [0.05, 0.1) is 6.61 Å². The van der Waals surface area contributed by atoms with Crippen molar-refractivity contribution in [3.8, 4) is 0 Å². The number of carbonyl (C=O) groups is 1. The van der Waals surface area contributed by atoms with Gasteiger partial charge in [-0.2, -0.15) is 4.31 Å². The minimum atomic E-state index is -3.80. The van der Waals surface area contributed by atoms with E-state index < -0.39 is 16.0 Å². The first-order chi connectivity index (χ1) is 9.30. The fourth-order valence-corrected chi connectivity index (χ4v) is 4.50. The summed E-state index contributed by atoms with van der Waals surface area (Å²) in [6.45, 7) is 2.78. The fraction of sp³-hybridized carbons (Fsp3) is 0.583. The van der Waals surface area contributed by atoms with Gasteiger partial charge < -0.3 is 15.2 Å². The zero-order valence-corrected chi connectivity index (χ0v) is 12.2. The Labute approximate surface area is 117 Å². The molecule has 7 nitrogen and oxygen atoms in total. The quantitative estimate of drug-likeness (QED) is 0.707. The van der Waals surface area contributed by atoms with Crippen LogP contribution in [0.4, 0.5) is 0 Å². The number of nitrogens with one attached hydrogen (secondary N) is 1. The molecule has 0 atom stereocenters. The first-order valence-electron chi connectivity index (χ1n) is 6.35. The standard InChI is InChI=1S/C12H18N2O5S/c1-7-10(12(16)17)13-8(2)11(7)20(18,19)14(5-6-15)9-3-4-9/h9,13,15H,3-6H2,1-2H3,(H,16,17). The normalized spacial score (nSPS) is 15.8. The Morgan fingerprint density at radius 1 is 1.40 bits per heavy atom. The summed E-state index contributed by atoms with van der Waals surface area (Å²) >= 11 is 0. The molecule has 2 rings (SSSR count). The highest BCUT2D eigenvalue weighted by Gasteiger charge is 2.40. The predicted octanol–water partition coefficient (Wildman–Crippen LogP) is 0.475. The van der Waals surface area contributed by atoms with Crippen molar-refractivity contribution in [3.63, 3.8) is 0 Å². The number of aromatic nitrogens is 1. The Hall–Kier alpha value is -1.38. The number of aliphatic hydroxyl groups excluding tert-OH is 1. The number of aromatic amines is 1. The molecular weight excluding hydrogens is 284 g/mol. The number of carboxylic acid groups (broad SMARTS) is 1. The van der Waals surface area contributed by atoms with Crippen LogP contribution in [-0.2, 0) is 10.0 Å². The van der Waals surface area contributed by atoms with Gasteiger partial charge in [-0.1, -0.05) is 0 Å². The molecule has 1 aliphatic carbocycles. The predicted molar refractivity (Wildman–Crippen MR) is 71.2 cm³/mol. The summed E-state index contributed by atoms with van der Waals surface area (Å²) in [5, 5.41) is 18.1. The van der Waals surface area contributed by atoms with Gasteiger partial charge in [-0.15, -0.1) is 0 Å². The maximum absolute atomic E-state index is 12.7. The number of carboxylic acids is 1. The summed E-state index contributed by atoms with van der Waals surface area (Å²) in [5.41, 5.74) is 0.405. The van der Waals surface area contributed by atoms with Crippen molar-refractivity contribution in [1.29, 1.82) is 0 Å². The minimum absolute atomic E-state index is 0.00949. The van der Waals surface area contributed by atoms with Crippen molar-refractivity contribution in [2.45, 2.75) is 37.6 Å². The van der Waals surface area contributed by atoms with E-state index in [1.165, 1.54) is 18.2 Å². The number of hydrogen-bond acceptors (Lipinski definition) is 4. The molecule has 0 radical (unpaired) electrons. The monoisotopic (exact) mass is 302 g/mol. The summed E-state index contributed by atoms with van der Waals surface area (Å²) in [7, 11) is -3.80. The Bertz CT molecular complexity index is 631. The number of aromatic carboxylic acids is 1. The topological polar surface area (TPSA) is 111 Å². The SMILES string of the molecule is Cc1[nH]c(C(=O)O)c(C)c1S(=O)(=O)N(CCO)C1CC1. The molecule has 1 aromatic heterocycles. The molecule has 20 heavy (non-hydrogen) atoms. The first-order valence-corrected chi connectivity index (χ1v) is 7.79. The lowest BCUT2D eigenvalue weighted by molar-refractivity contribution is 0.0690. The third kappa shape index (κ3) is 2.46. The number of rotatable bonds is 6. The molecule has 0 aliphatic heterocycles. The molecule has 8 heteroatoms. The van der Waals surface area contributed by atoms with E-state index in [1.54, 1.807) is 0 Å². The molecule has 1 saturated carbocycles. The average Bonchev–Trinajstić information content (AvgIpc) is 3.11. The van der Waals surface area contributed by atoms with Crippen molar-refractivity contribution in [1.82, 2.24) is 9.29 Å². The van der Waals surface area contributed by atoms with E-state index in [1.807, 2.05) is 0 Å². The third-order valence-corrected chi connectivity index (χ3v) is 5.65. The third-order valence-electron chi connectivity index (χ3n) is 3.42. The van der Waals surface area contributed by atoms with Gasteiger partial charge >= 0.3 is 5.97 Å². The van der Waals surface area contributed by atoms with Crippen LogP contribution in [0.2, 0.25) is 0 Å². The molecule has 0 aromatic carbocycles. The molecule has 1 aliphatic rings. The van der Waals surface area contributed by atoms with E-state index >= 15 is 0 Å². The number of hydrogen-bond donors (Lipinski definition) is 3. The average molecular weight is 302 g/mol. The van der Waals surface area contributed by atoms with Gasteiger partial charge in [-0.25, -0.2) is 13.2 Å². The zero-order valence-electron chi connectivity index (χ0n) is 11.4. The highest BCUT2D eigenvalue weighted by Crippen LogP contribution is 2.34. The molecule has 0 unspecified atom stereocenters. The molecule has 0 spiro atoms. The number of aliphatic hydroxyl groups is 1. The van der Waals surface area contributed by atoms with Gasteiger partial charge in [0.1, 0.15) is 10.6 Å². The van der Waals surface area contributed by atoms with Gasteiger partial charge in [0.25, 0.3) is 0 Å². The van der Waals surface area contributed by atoms with Crippen LogP contribution in [-0.4, -0.2) is 53.1 Å². The lowest BCUT2D eigenvalue weighted by Crippen LogP contribution is -2.36. The summed E-state index contributed by atoms with van der Waals surface area (Å²) in [5.74, 6) is -1.19. The second kappa shape index (κ2) is 5.19. The number of aryl methyl sites for hydroxylation is 1. The Balaban J connectivity index is 2.51. The second-order valence-electron chi connectivity index (χ2n) is 4.95. The number of H-pyrrole nitrogens is 1. The van der Waals surface area contributed by atoms with Gasteiger partial charge in [0.15, 0.2) is 0 Å². The van der Waals surface area contributed by atoms with Crippen LogP contribution in [0.5, 0.6) is 0 Å². The maximum atomic E-state index is 12.7. The summed E-state index contributed by atoms with van der Waals surface area (Å²) < 4.78 is 26.6. The second-order valence-corrected chi connectivity index (χ2v) is 6.78. The number of nitrogens with zero attached hydrogens (tertiary/aromatic N) is 1. The molecule has 112 valence electrons. The fourth-order valence-electron chi connectivity index (χ4n) is 2.41. The van der Waals surface area contributed by atoms with Crippen LogP contribution in [0, 0.1) is 13.8 Å². The van der Waals surface area contributed by atoms with Gasteiger partial charge in [-0.3, -0.25) is 0 Å². The van der Waals surface area contributed by atoms with Gasteiger partial charge in [0, 0.05) is 23.8 Å². The van der Waals surface area contributed by atoms with E-state index in [2.05, 4.69) is 4.98 Å². The molecule has 0 amide bonds. The smallest absolute Gasteiger partial charge is 0.352 e. The van der Waals surface area contributed by atoms with Crippen LogP contribution in [0.1, 0.15) is 34.6 Å². The van der Waals surface area contributed by atoms with E-state index in [0.29, 0.717) is 5.69 Å². The highest BCUT2D eigenvalue weighted by molar-refractivity contribution is 7.89. The molecule has 1 fully saturated rings. The summed E-state index contributed by atoms with van der Waals surface area (Å²) in [6.07, 6.45) is 1.54. The lowest BCUT2D eigenvalue weighted by Gasteiger charge is -2.21. The Morgan fingerprint density at radius 3 is 2.40 bits per heavy atom. The van der Waals surface area contributed by atoms with Crippen LogP contribution in [0.15, 0.2) is 4.90 Å². The highest BCUT2D eigenvalue weighted by atomic mass is 32.2. The molecule has 1 heterocycles. The Kier molecular flexibility index (Phi) is 3.90. The van der Waals surface area contributed by atoms with Crippen molar-refractivity contribution in [2.75, 3.05) is 13.2 Å². The van der Waals surface area contributed by atoms with E-state index in [9.17, 15) is 13.2 Å². The first kappa shape index (κ1) is 15.0. The molecular formula is C12H18N2O5S.